The van der Waals surface area contributed by atoms with Gasteiger partial charge in [0.25, 0.3) is 0 Å². The summed E-state index contributed by atoms with van der Waals surface area (Å²) in [6.45, 7) is 2.00. The van der Waals surface area contributed by atoms with Gasteiger partial charge in [0.15, 0.2) is 0 Å². The first-order valence-electron chi connectivity index (χ1n) is 1.20. The van der Waals surface area contributed by atoms with Crippen LogP contribution in [0.2, 0.25) is 0 Å². The topological polar surface area (TPSA) is 74.3 Å². The molecule has 0 fully saturated rings. The van der Waals surface area contributed by atoms with Crippen molar-refractivity contribution in [3.8, 4) is 0 Å². The van der Waals surface area contributed by atoms with Gasteiger partial charge in [-0.3, -0.25) is 0 Å². The molecule has 0 aliphatic heterocycles. The zero-order valence-electron chi connectivity index (χ0n) is 4.75. The maximum absolute atomic E-state index is 9.08. The van der Waals surface area contributed by atoms with E-state index in [2.05, 4.69) is 0 Å². The SMILES string of the molecule is C=O.CS(=O)(=O)[O-].[Na+]. The van der Waals surface area contributed by atoms with Crippen molar-refractivity contribution in [2.24, 2.45) is 0 Å². The van der Waals surface area contributed by atoms with Gasteiger partial charge in [-0.05, 0) is 0 Å². The fraction of sp³-hybridized carbons (Fsp3) is 0.500. The molecule has 0 amide bonds. The predicted molar refractivity (Wildman–Crippen MR) is 22.7 cm³/mol. The minimum atomic E-state index is -3.92. The van der Waals surface area contributed by atoms with Crippen LogP contribution in [0.4, 0.5) is 0 Å². The minimum Gasteiger partial charge on any atom is -0.748 e. The Morgan fingerprint density at radius 1 is 1.38 bits per heavy atom. The van der Waals surface area contributed by atoms with E-state index in [0.29, 0.717) is 6.26 Å². The zero-order chi connectivity index (χ0) is 6.50. The smallest absolute Gasteiger partial charge is 0.748 e. The molecular weight excluding hydrogens is 143 g/mol. The van der Waals surface area contributed by atoms with E-state index < -0.39 is 10.1 Å². The van der Waals surface area contributed by atoms with Crippen LogP contribution < -0.4 is 29.6 Å². The summed E-state index contributed by atoms with van der Waals surface area (Å²) in [6.07, 6.45) is 0.604. The van der Waals surface area contributed by atoms with Crippen LogP contribution in [0, 0.1) is 0 Å². The minimum absolute atomic E-state index is 0. The van der Waals surface area contributed by atoms with E-state index in [0.717, 1.165) is 0 Å². The summed E-state index contributed by atoms with van der Waals surface area (Å²) in [7, 11) is -3.92. The molecule has 0 spiro atoms. The van der Waals surface area contributed by atoms with Crippen molar-refractivity contribution in [1.29, 1.82) is 0 Å². The summed E-state index contributed by atoms with van der Waals surface area (Å²) < 4.78 is 27.2. The Balaban J connectivity index is -0.0000000750. The third kappa shape index (κ3) is 609. The van der Waals surface area contributed by atoms with Crippen molar-refractivity contribution < 1.29 is 47.3 Å². The number of hydrogen-bond donors (Lipinski definition) is 0. The molecule has 0 heterocycles. The first-order chi connectivity index (χ1) is 3.00. The van der Waals surface area contributed by atoms with Crippen molar-refractivity contribution in [3.63, 3.8) is 0 Å². The maximum atomic E-state index is 9.08. The van der Waals surface area contributed by atoms with E-state index in [4.69, 9.17) is 17.8 Å². The molecule has 4 nitrogen and oxygen atoms in total. The molecule has 0 radical (unpaired) electrons. The van der Waals surface area contributed by atoms with Gasteiger partial charge < -0.3 is 9.35 Å². The van der Waals surface area contributed by atoms with Gasteiger partial charge in [0.1, 0.15) is 6.79 Å². The monoisotopic (exact) mass is 148 g/mol. The molecule has 0 atom stereocenters. The molecule has 0 aromatic heterocycles. The van der Waals surface area contributed by atoms with Crippen LogP contribution in [-0.2, 0) is 14.9 Å². The van der Waals surface area contributed by atoms with E-state index in [1.807, 2.05) is 6.79 Å². The van der Waals surface area contributed by atoms with Gasteiger partial charge in [-0.2, -0.15) is 0 Å². The van der Waals surface area contributed by atoms with Crippen LogP contribution in [0.3, 0.4) is 0 Å². The molecular formula is C2H5NaO4S. The van der Waals surface area contributed by atoms with Crippen molar-refractivity contribution in [3.05, 3.63) is 0 Å². The average Bonchev–Trinajstić information content (AvgIpc) is 1.36. The van der Waals surface area contributed by atoms with Crippen molar-refractivity contribution in [1.82, 2.24) is 0 Å². The zero-order valence-corrected chi connectivity index (χ0v) is 7.56. The van der Waals surface area contributed by atoms with Gasteiger partial charge in [-0.1, -0.05) is 0 Å². The van der Waals surface area contributed by atoms with Gasteiger partial charge in [-0.25, -0.2) is 8.42 Å². The predicted octanol–water partition coefficient (Wildman–Crippen LogP) is -4.02. The summed E-state index contributed by atoms with van der Waals surface area (Å²) in [5.41, 5.74) is 0. The van der Waals surface area contributed by atoms with Crippen LogP contribution >= 0.6 is 0 Å². The summed E-state index contributed by atoms with van der Waals surface area (Å²) in [4.78, 5) is 8.00. The fourth-order valence-electron chi connectivity index (χ4n) is 0. The molecule has 44 valence electrons. The molecule has 0 aromatic carbocycles. The van der Waals surface area contributed by atoms with E-state index in [1.54, 1.807) is 0 Å². The second-order valence-electron chi connectivity index (χ2n) is 0.704. The van der Waals surface area contributed by atoms with Crippen LogP contribution in [0.5, 0.6) is 0 Å². The largest absolute Gasteiger partial charge is 1.00 e. The molecule has 0 aromatic rings. The van der Waals surface area contributed by atoms with Crippen molar-refractivity contribution >= 4 is 16.9 Å². The molecule has 0 rings (SSSR count). The quantitative estimate of drug-likeness (QED) is 0.259. The molecule has 0 saturated carbocycles. The first-order valence-corrected chi connectivity index (χ1v) is 3.01. The van der Waals surface area contributed by atoms with E-state index in [-0.39, 0.29) is 29.6 Å². The Kier molecular flexibility index (Phi) is 15.0. The van der Waals surface area contributed by atoms with Crippen LogP contribution in [-0.4, -0.2) is 26.0 Å². The van der Waals surface area contributed by atoms with Gasteiger partial charge in [0.2, 0.25) is 0 Å². The summed E-state index contributed by atoms with van der Waals surface area (Å²) in [5.74, 6) is 0. The van der Waals surface area contributed by atoms with Gasteiger partial charge in [-0.15, -0.1) is 0 Å². The average molecular weight is 148 g/mol. The molecule has 0 N–H and O–H groups in total. The first kappa shape index (κ1) is 15.8. The third-order valence-electron chi connectivity index (χ3n) is 0. The van der Waals surface area contributed by atoms with Gasteiger partial charge in [0.05, 0.1) is 10.1 Å². The second-order valence-corrected chi connectivity index (χ2v) is 2.11. The van der Waals surface area contributed by atoms with Crippen molar-refractivity contribution in [2.75, 3.05) is 6.26 Å². The Bertz CT molecular complexity index is 108. The molecule has 8 heavy (non-hydrogen) atoms. The molecule has 0 unspecified atom stereocenters. The second kappa shape index (κ2) is 7.58. The van der Waals surface area contributed by atoms with Crippen LogP contribution in [0.1, 0.15) is 0 Å². The molecule has 0 saturated heterocycles. The number of rotatable bonds is 0. The molecule has 6 heteroatoms. The standard InChI is InChI=1S/CH4O3S.CH2O.Na/c1-5(2,3)4;1-2;/h1H3,(H,2,3,4);1H2;/q;;+1/p-1. The van der Waals surface area contributed by atoms with E-state index >= 15 is 0 Å². The van der Waals surface area contributed by atoms with Crippen molar-refractivity contribution in [2.45, 2.75) is 0 Å². The normalized spacial score (nSPS) is 7.75. The number of carbonyl (C=O) groups excluding carboxylic acids is 1. The van der Waals surface area contributed by atoms with E-state index in [9.17, 15) is 0 Å². The van der Waals surface area contributed by atoms with Crippen LogP contribution in [0.15, 0.2) is 0 Å². The summed E-state index contributed by atoms with van der Waals surface area (Å²) in [6, 6.07) is 0. The van der Waals surface area contributed by atoms with Gasteiger partial charge >= 0.3 is 29.6 Å². The Morgan fingerprint density at radius 2 is 1.38 bits per heavy atom. The number of hydrogen-bond acceptors (Lipinski definition) is 4. The van der Waals surface area contributed by atoms with Gasteiger partial charge in [0, 0.05) is 6.26 Å². The molecule has 0 bridgehead atoms. The molecule has 0 aliphatic carbocycles. The Labute approximate surface area is 70.3 Å². The third-order valence-corrected chi connectivity index (χ3v) is 0. The maximum Gasteiger partial charge on any atom is 1.00 e. The molecule has 0 aliphatic rings. The fourth-order valence-corrected chi connectivity index (χ4v) is 0. The summed E-state index contributed by atoms with van der Waals surface area (Å²) in [5, 5.41) is 0. The van der Waals surface area contributed by atoms with E-state index in [1.165, 1.54) is 0 Å². The van der Waals surface area contributed by atoms with Crippen LogP contribution in [0.25, 0.3) is 0 Å². The summed E-state index contributed by atoms with van der Waals surface area (Å²) >= 11 is 0. The Hall–Kier alpha value is 0.580. The number of carbonyl (C=O) groups is 1. The Morgan fingerprint density at radius 3 is 1.38 bits per heavy atom.